The molecule has 0 bridgehead atoms. The van der Waals surface area contributed by atoms with Gasteiger partial charge in [0.2, 0.25) is 0 Å². The summed E-state index contributed by atoms with van der Waals surface area (Å²) < 4.78 is 4.15. The molecule has 0 aromatic carbocycles. The van der Waals surface area contributed by atoms with Gasteiger partial charge in [-0.05, 0) is 25.7 Å². The Morgan fingerprint density at radius 1 is 1.64 bits per heavy atom. The van der Waals surface area contributed by atoms with Gasteiger partial charge in [0, 0.05) is 0 Å². The monoisotopic (exact) mass is 160 g/mol. The predicted molar refractivity (Wildman–Crippen MR) is 42.1 cm³/mol. The van der Waals surface area contributed by atoms with Gasteiger partial charge >= 0.3 is 0 Å². The van der Waals surface area contributed by atoms with Crippen LogP contribution in [0.3, 0.4) is 0 Å². The lowest BCUT2D eigenvalue weighted by Gasteiger charge is -2.27. The first-order valence-electron chi connectivity index (χ1n) is 3.94. The van der Waals surface area contributed by atoms with Crippen molar-refractivity contribution in [3.05, 3.63) is 0 Å². The van der Waals surface area contributed by atoms with E-state index in [2.05, 4.69) is 11.7 Å². The summed E-state index contributed by atoms with van der Waals surface area (Å²) in [6.07, 6.45) is 2.10. The van der Waals surface area contributed by atoms with Crippen molar-refractivity contribution < 1.29 is 14.6 Å². The highest BCUT2D eigenvalue weighted by Crippen LogP contribution is 2.25. The zero-order valence-electron chi connectivity index (χ0n) is 7.12. The van der Waals surface area contributed by atoms with Crippen molar-refractivity contribution in [3.63, 3.8) is 0 Å². The second-order valence-electron chi connectivity index (χ2n) is 2.78. The second kappa shape index (κ2) is 6.16. The maximum Gasteiger partial charge on any atom is 0.293 e. The van der Waals surface area contributed by atoms with E-state index in [-0.39, 0.29) is 6.10 Å². The molecule has 1 aliphatic rings. The summed E-state index contributed by atoms with van der Waals surface area (Å²) in [6, 6.07) is 0. The maximum atomic E-state index is 9.18. The van der Waals surface area contributed by atoms with Gasteiger partial charge in [0.15, 0.2) is 0 Å². The first kappa shape index (κ1) is 10.4. The zero-order valence-corrected chi connectivity index (χ0v) is 7.12. The molecule has 0 spiro atoms. The molecule has 3 heteroatoms. The van der Waals surface area contributed by atoms with Crippen LogP contribution in [0.25, 0.3) is 0 Å². The summed E-state index contributed by atoms with van der Waals surface area (Å²) in [5.41, 5.74) is 0. The van der Waals surface area contributed by atoms with Gasteiger partial charge in [-0.2, -0.15) is 0 Å². The van der Waals surface area contributed by atoms with Gasteiger partial charge in [0.05, 0.1) is 12.7 Å². The van der Waals surface area contributed by atoms with Gasteiger partial charge < -0.3 is 9.84 Å². The van der Waals surface area contributed by atoms with E-state index < -0.39 is 0 Å². The van der Waals surface area contributed by atoms with E-state index in [0.717, 1.165) is 18.8 Å². The second-order valence-corrected chi connectivity index (χ2v) is 2.78. The highest BCUT2D eigenvalue weighted by molar-refractivity contribution is 5.36. The van der Waals surface area contributed by atoms with Gasteiger partial charge in [-0.25, -0.2) is 0 Å². The summed E-state index contributed by atoms with van der Waals surface area (Å²) in [5, 5.41) is 8.62. The fourth-order valence-corrected chi connectivity index (χ4v) is 0.928. The molecule has 0 aromatic rings. The van der Waals surface area contributed by atoms with Crippen molar-refractivity contribution in [1.29, 1.82) is 0 Å². The summed E-state index contributed by atoms with van der Waals surface area (Å²) in [7, 11) is 0. The summed E-state index contributed by atoms with van der Waals surface area (Å²) in [6.45, 7) is 4.82. The van der Waals surface area contributed by atoms with Crippen LogP contribution in [-0.4, -0.2) is 24.3 Å². The minimum atomic E-state index is 0.0417. The van der Waals surface area contributed by atoms with Crippen molar-refractivity contribution in [3.8, 4) is 0 Å². The van der Waals surface area contributed by atoms with Crippen molar-refractivity contribution in [2.45, 2.75) is 32.8 Å². The quantitative estimate of drug-likeness (QED) is 0.612. The lowest BCUT2D eigenvalue weighted by molar-refractivity contribution is -0.128. The molecule has 0 saturated heterocycles. The largest absolute Gasteiger partial charge is 0.468 e. The molecule has 3 nitrogen and oxygen atoms in total. The van der Waals surface area contributed by atoms with E-state index in [4.69, 9.17) is 5.11 Å². The van der Waals surface area contributed by atoms with Gasteiger partial charge in [0.1, 0.15) is 0 Å². The molecule has 11 heavy (non-hydrogen) atoms. The average Bonchev–Trinajstić information content (AvgIpc) is 1.88. The Morgan fingerprint density at radius 3 is 2.18 bits per heavy atom. The molecule has 0 aromatic heterocycles. The van der Waals surface area contributed by atoms with Crippen molar-refractivity contribution in [1.82, 2.24) is 0 Å². The number of aliphatic hydroxyl groups excluding tert-OH is 1. The standard InChI is InChI=1S/C5H10O.C3H6O2/c1-4-2-5(6)3-4;1-2-5-3-4/h4-6H,2-3H2,1H3;3H,2H2,1H3. The molecule has 66 valence electrons. The Labute approximate surface area is 67.4 Å². The Hall–Kier alpha value is -0.570. The molecular weight excluding hydrogens is 144 g/mol. The SMILES string of the molecule is CC1CC(O)C1.CCOC=O. The number of rotatable bonds is 2. The molecule has 1 aliphatic carbocycles. The molecule has 0 unspecified atom stereocenters. The fraction of sp³-hybridized carbons (Fsp3) is 0.875. The minimum absolute atomic E-state index is 0.0417. The van der Waals surface area contributed by atoms with Crippen LogP contribution in [0.5, 0.6) is 0 Å². The smallest absolute Gasteiger partial charge is 0.293 e. The van der Waals surface area contributed by atoms with E-state index in [1.807, 2.05) is 0 Å². The first-order valence-corrected chi connectivity index (χ1v) is 3.94. The first-order chi connectivity index (χ1) is 5.20. The topological polar surface area (TPSA) is 46.5 Å². The van der Waals surface area contributed by atoms with Crippen LogP contribution >= 0.6 is 0 Å². The highest BCUT2D eigenvalue weighted by Gasteiger charge is 2.21. The Balaban J connectivity index is 0.000000187. The van der Waals surface area contributed by atoms with Crippen LogP contribution in [0.15, 0.2) is 0 Å². The van der Waals surface area contributed by atoms with Crippen molar-refractivity contribution in [2.24, 2.45) is 5.92 Å². The Morgan fingerprint density at radius 2 is 2.18 bits per heavy atom. The van der Waals surface area contributed by atoms with Gasteiger partial charge in [-0.3, -0.25) is 4.79 Å². The molecular formula is C8H16O3. The fourth-order valence-electron chi connectivity index (χ4n) is 0.928. The van der Waals surface area contributed by atoms with Crippen LogP contribution < -0.4 is 0 Å². The zero-order chi connectivity index (χ0) is 8.69. The van der Waals surface area contributed by atoms with Gasteiger partial charge in [0.25, 0.3) is 6.47 Å². The third-order valence-corrected chi connectivity index (χ3v) is 1.58. The number of ether oxygens (including phenoxy) is 1. The molecule has 1 N–H and O–H groups in total. The number of carbonyl (C=O) groups excluding carboxylic acids is 1. The van der Waals surface area contributed by atoms with Crippen LogP contribution in [-0.2, 0) is 9.53 Å². The maximum absolute atomic E-state index is 9.18. The molecule has 0 heterocycles. The molecule has 0 radical (unpaired) electrons. The van der Waals surface area contributed by atoms with Crippen LogP contribution in [0.1, 0.15) is 26.7 Å². The number of carbonyl (C=O) groups is 1. The molecule has 1 fully saturated rings. The lowest BCUT2D eigenvalue weighted by atomic mass is 9.84. The number of hydrogen-bond acceptors (Lipinski definition) is 3. The van der Waals surface area contributed by atoms with Crippen LogP contribution in [0.4, 0.5) is 0 Å². The van der Waals surface area contributed by atoms with Gasteiger partial charge in [-0.1, -0.05) is 6.92 Å². The minimum Gasteiger partial charge on any atom is -0.468 e. The predicted octanol–water partition coefficient (Wildman–Crippen LogP) is 0.956. The summed E-state index contributed by atoms with van der Waals surface area (Å²) >= 11 is 0. The highest BCUT2D eigenvalue weighted by atomic mass is 16.5. The van der Waals surface area contributed by atoms with Crippen LogP contribution in [0, 0.1) is 5.92 Å². The summed E-state index contributed by atoms with van der Waals surface area (Å²) in [4.78, 5) is 9.18. The molecule has 0 atom stereocenters. The molecule has 0 aliphatic heterocycles. The van der Waals surface area contributed by atoms with E-state index in [9.17, 15) is 4.79 Å². The summed E-state index contributed by atoms with van der Waals surface area (Å²) in [5.74, 6) is 0.792. The number of aliphatic hydroxyl groups is 1. The number of hydrogen-bond donors (Lipinski definition) is 1. The molecule has 1 rings (SSSR count). The average molecular weight is 160 g/mol. The van der Waals surface area contributed by atoms with E-state index in [0.29, 0.717) is 13.1 Å². The lowest BCUT2D eigenvalue weighted by Crippen LogP contribution is -2.25. The Bertz CT molecular complexity index is 91.5. The third kappa shape index (κ3) is 5.85. The Kier molecular flexibility index (Phi) is 5.84. The van der Waals surface area contributed by atoms with E-state index >= 15 is 0 Å². The van der Waals surface area contributed by atoms with E-state index in [1.54, 1.807) is 6.92 Å². The molecule has 0 amide bonds. The van der Waals surface area contributed by atoms with Crippen molar-refractivity contribution in [2.75, 3.05) is 6.61 Å². The van der Waals surface area contributed by atoms with Crippen LogP contribution in [0.2, 0.25) is 0 Å². The van der Waals surface area contributed by atoms with E-state index in [1.165, 1.54) is 0 Å². The van der Waals surface area contributed by atoms with Crippen molar-refractivity contribution >= 4 is 6.47 Å². The normalized spacial score (nSPS) is 27.5. The van der Waals surface area contributed by atoms with Gasteiger partial charge in [-0.15, -0.1) is 0 Å². The molecule has 1 saturated carbocycles. The third-order valence-electron chi connectivity index (χ3n) is 1.58.